The number of anilines is 1. The molecule has 0 saturated carbocycles. The van der Waals surface area contributed by atoms with Crippen molar-refractivity contribution in [3.8, 4) is 16.9 Å². The number of carbonyl (C=O) groups excluding carboxylic acids is 3. The van der Waals surface area contributed by atoms with E-state index in [0.29, 0.717) is 46.7 Å². The molecule has 2 aliphatic rings. The first-order chi connectivity index (χ1) is 17.9. The number of rotatable bonds is 5. The van der Waals surface area contributed by atoms with Crippen LogP contribution in [-0.2, 0) is 4.79 Å². The normalized spacial score (nSPS) is 18.8. The number of benzene rings is 3. The highest BCUT2D eigenvalue weighted by Gasteiger charge is 2.40. The van der Waals surface area contributed by atoms with Crippen LogP contribution in [0.2, 0.25) is 0 Å². The van der Waals surface area contributed by atoms with Gasteiger partial charge in [-0.1, -0.05) is 24.3 Å². The topological polar surface area (TPSA) is 87.7 Å². The predicted molar refractivity (Wildman–Crippen MR) is 141 cm³/mol. The van der Waals surface area contributed by atoms with Crippen LogP contribution >= 0.6 is 11.8 Å². The van der Waals surface area contributed by atoms with Crippen LogP contribution in [0.3, 0.4) is 0 Å². The first kappa shape index (κ1) is 24.8. The fourth-order valence-corrected chi connectivity index (χ4v) is 5.33. The Morgan fingerprint density at radius 2 is 1.92 bits per heavy atom. The third kappa shape index (κ3) is 4.79. The molecule has 190 valence electrons. The Labute approximate surface area is 218 Å². The molecule has 2 aliphatic heterocycles. The van der Waals surface area contributed by atoms with Gasteiger partial charge in [-0.15, -0.1) is 11.8 Å². The molecule has 0 bridgehead atoms. The minimum absolute atomic E-state index is 0.280. The van der Waals surface area contributed by atoms with Gasteiger partial charge in [0.25, 0.3) is 11.8 Å². The summed E-state index contributed by atoms with van der Waals surface area (Å²) in [5.41, 5.74) is 2.06. The van der Waals surface area contributed by atoms with Crippen molar-refractivity contribution in [3.63, 3.8) is 0 Å². The number of amides is 3. The summed E-state index contributed by atoms with van der Waals surface area (Å²) in [7, 11) is 1.52. The van der Waals surface area contributed by atoms with E-state index in [9.17, 15) is 18.8 Å². The molecule has 3 aromatic rings. The number of nitrogens with one attached hydrogen (secondary N) is 2. The van der Waals surface area contributed by atoms with E-state index >= 15 is 0 Å². The highest BCUT2D eigenvalue weighted by atomic mass is 32.2. The molecular weight excluding hydrogens is 493 g/mol. The lowest BCUT2D eigenvalue weighted by Gasteiger charge is -2.37. The number of nitrogens with zero attached hydrogens (tertiary/aromatic N) is 1. The summed E-state index contributed by atoms with van der Waals surface area (Å²) < 4.78 is 19.8. The summed E-state index contributed by atoms with van der Waals surface area (Å²) in [4.78, 5) is 42.2. The fourth-order valence-electron chi connectivity index (χ4n) is 4.90. The van der Waals surface area contributed by atoms with Crippen LogP contribution in [0, 0.1) is 5.82 Å². The Bertz CT molecular complexity index is 1400. The van der Waals surface area contributed by atoms with Gasteiger partial charge < -0.3 is 20.3 Å². The standard InChI is InChI=1S/C28H26FN3O4S/c1-36-25-15-18(37-2)8-9-20(25)26(33)30-17-11-12-32-24(14-17)27(34)31-23-10-7-16(13-21(23)28(32)35)19-5-3-4-6-22(19)29/h3-10,13,15,17,24H,11-12,14H2,1-2H3,(H,30,33)(H,31,34)/t17-,24+/m1/s1. The van der Waals surface area contributed by atoms with Crippen molar-refractivity contribution in [1.82, 2.24) is 10.2 Å². The molecule has 0 spiro atoms. The number of fused-ring (bicyclic) bond motifs is 2. The first-order valence-electron chi connectivity index (χ1n) is 11.9. The van der Waals surface area contributed by atoms with Crippen molar-refractivity contribution in [2.24, 2.45) is 0 Å². The summed E-state index contributed by atoms with van der Waals surface area (Å²) in [6.07, 6.45) is 2.72. The molecule has 7 nitrogen and oxygen atoms in total. The van der Waals surface area contributed by atoms with Crippen molar-refractivity contribution in [1.29, 1.82) is 0 Å². The van der Waals surface area contributed by atoms with E-state index < -0.39 is 6.04 Å². The molecule has 0 aromatic heterocycles. The first-order valence-corrected chi connectivity index (χ1v) is 13.2. The monoisotopic (exact) mass is 519 g/mol. The SMILES string of the molecule is COc1cc(SC)ccc1C(=O)N[C@@H]1CCN2C(=O)c3cc(-c4ccccc4F)ccc3NC(=O)[C@@H]2C1. The molecule has 2 N–H and O–H groups in total. The average Bonchev–Trinajstić information content (AvgIpc) is 3.02. The van der Waals surface area contributed by atoms with E-state index in [-0.39, 0.29) is 36.0 Å². The zero-order valence-corrected chi connectivity index (χ0v) is 21.2. The summed E-state index contributed by atoms with van der Waals surface area (Å²) in [6, 6.07) is 15.7. The molecule has 0 unspecified atom stereocenters. The zero-order chi connectivity index (χ0) is 26.1. The van der Waals surface area contributed by atoms with E-state index in [1.807, 2.05) is 18.4 Å². The highest BCUT2D eigenvalue weighted by Crippen LogP contribution is 2.33. The Kier molecular flexibility index (Phi) is 6.88. The van der Waals surface area contributed by atoms with E-state index in [1.54, 1.807) is 59.1 Å². The molecule has 3 aromatic carbocycles. The number of ether oxygens (including phenoxy) is 1. The lowest BCUT2D eigenvalue weighted by molar-refractivity contribution is -0.121. The second-order valence-corrected chi connectivity index (χ2v) is 9.88. The maximum Gasteiger partial charge on any atom is 0.256 e. The van der Waals surface area contributed by atoms with E-state index in [0.717, 1.165) is 4.90 Å². The molecule has 3 amide bonds. The third-order valence-electron chi connectivity index (χ3n) is 6.85. The van der Waals surface area contributed by atoms with Crippen LogP contribution < -0.4 is 15.4 Å². The van der Waals surface area contributed by atoms with Gasteiger partial charge >= 0.3 is 0 Å². The van der Waals surface area contributed by atoms with Crippen molar-refractivity contribution < 1.29 is 23.5 Å². The third-order valence-corrected chi connectivity index (χ3v) is 7.57. The number of carbonyl (C=O) groups is 3. The number of thioether (sulfide) groups is 1. The van der Waals surface area contributed by atoms with Gasteiger partial charge in [0.05, 0.1) is 23.9 Å². The van der Waals surface area contributed by atoms with Gasteiger partial charge in [-0.05, 0) is 61.1 Å². The van der Waals surface area contributed by atoms with Gasteiger partial charge in [0.2, 0.25) is 5.91 Å². The Balaban J connectivity index is 1.35. The number of piperidine rings is 1. The van der Waals surface area contributed by atoms with E-state index in [1.165, 1.54) is 13.2 Å². The van der Waals surface area contributed by atoms with Gasteiger partial charge in [-0.3, -0.25) is 14.4 Å². The zero-order valence-electron chi connectivity index (χ0n) is 20.4. The molecule has 37 heavy (non-hydrogen) atoms. The second-order valence-electron chi connectivity index (χ2n) is 9.00. The van der Waals surface area contributed by atoms with Crippen molar-refractivity contribution in [3.05, 3.63) is 77.6 Å². The maximum atomic E-state index is 14.4. The molecule has 0 radical (unpaired) electrons. The fraction of sp³-hybridized carbons (Fsp3) is 0.250. The number of hydrogen-bond acceptors (Lipinski definition) is 5. The quantitative estimate of drug-likeness (QED) is 0.482. The summed E-state index contributed by atoms with van der Waals surface area (Å²) in [5, 5.41) is 5.86. The molecule has 2 heterocycles. The number of methoxy groups -OCH3 is 1. The maximum absolute atomic E-state index is 14.4. The molecule has 2 atom stereocenters. The predicted octanol–water partition coefficient (Wildman–Crippen LogP) is 4.58. The van der Waals surface area contributed by atoms with Crippen molar-refractivity contribution in [2.75, 3.05) is 25.2 Å². The van der Waals surface area contributed by atoms with Crippen LogP contribution in [-0.4, -0.2) is 54.6 Å². The Morgan fingerprint density at radius 1 is 1.11 bits per heavy atom. The molecule has 1 fully saturated rings. The Morgan fingerprint density at radius 3 is 2.68 bits per heavy atom. The van der Waals surface area contributed by atoms with Gasteiger partial charge in [-0.25, -0.2) is 4.39 Å². The second kappa shape index (κ2) is 10.3. The minimum Gasteiger partial charge on any atom is -0.496 e. The summed E-state index contributed by atoms with van der Waals surface area (Å²) >= 11 is 1.55. The Hall–Kier alpha value is -3.85. The van der Waals surface area contributed by atoms with Gasteiger partial charge in [0, 0.05) is 23.0 Å². The largest absolute Gasteiger partial charge is 0.496 e. The minimum atomic E-state index is -0.739. The van der Waals surface area contributed by atoms with Crippen LogP contribution in [0.1, 0.15) is 33.6 Å². The molecule has 1 saturated heterocycles. The smallest absolute Gasteiger partial charge is 0.256 e. The number of halogens is 1. The van der Waals surface area contributed by atoms with Gasteiger partial charge in [0.1, 0.15) is 17.6 Å². The van der Waals surface area contributed by atoms with Crippen LogP contribution in [0.15, 0.2) is 65.6 Å². The van der Waals surface area contributed by atoms with Crippen LogP contribution in [0.4, 0.5) is 10.1 Å². The highest BCUT2D eigenvalue weighted by molar-refractivity contribution is 7.98. The van der Waals surface area contributed by atoms with Crippen molar-refractivity contribution >= 4 is 35.2 Å². The van der Waals surface area contributed by atoms with Gasteiger partial charge in [-0.2, -0.15) is 0 Å². The van der Waals surface area contributed by atoms with E-state index in [2.05, 4.69) is 10.6 Å². The summed E-state index contributed by atoms with van der Waals surface area (Å²) in [5.74, 6) is -0.810. The van der Waals surface area contributed by atoms with Crippen LogP contribution in [0.25, 0.3) is 11.1 Å². The molecule has 0 aliphatic carbocycles. The van der Waals surface area contributed by atoms with Gasteiger partial charge in [0.15, 0.2) is 0 Å². The average molecular weight is 520 g/mol. The van der Waals surface area contributed by atoms with E-state index in [4.69, 9.17) is 4.74 Å². The number of hydrogen-bond donors (Lipinski definition) is 2. The molecular formula is C28H26FN3O4S. The lowest BCUT2D eigenvalue weighted by atomic mass is 9.95. The molecule has 5 rings (SSSR count). The summed E-state index contributed by atoms with van der Waals surface area (Å²) in [6.45, 7) is 0.299. The molecule has 9 heteroatoms. The van der Waals surface area contributed by atoms with Crippen molar-refractivity contribution in [2.45, 2.75) is 29.8 Å². The van der Waals surface area contributed by atoms with Crippen LogP contribution in [0.5, 0.6) is 5.75 Å². The lowest BCUT2D eigenvalue weighted by Crippen LogP contribution is -2.55.